The number of hydrogen-bond acceptors (Lipinski definition) is 4. The highest BCUT2D eigenvalue weighted by Gasteiger charge is 1.65. The predicted octanol–water partition coefficient (Wildman–Crippen LogP) is -0.480. The quantitative estimate of drug-likeness (QED) is 0.293. The maximum atomic E-state index is 9.00. The van der Waals surface area contributed by atoms with Crippen molar-refractivity contribution in [1.82, 2.24) is 0 Å². The minimum atomic E-state index is -0.833. The molecule has 7 heteroatoms. The molecule has 0 aliphatic carbocycles. The molecule has 0 unspecified atom stereocenters. The molecule has 104 valence electrons. The van der Waals surface area contributed by atoms with E-state index in [1.807, 2.05) is 36.4 Å². The first kappa shape index (κ1) is 21.2. The first-order valence-electron chi connectivity index (χ1n) is 5.07. The van der Waals surface area contributed by atoms with Gasteiger partial charge < -0.3 is 28.0 Å². The second kappa shape index (κ2) is 20.3. The molecule has 0 atom stereocenters. The molecule has 1 rings (SSSR count). The summed E-state index contributed by atoms with van der Waals surface area (Å²) in [4.78, 5) is 9.00. The van der Waals surface area contributed by atoms with E-state index in [4.69, 9.17) is 26.8 Å². The van der Waals surface area contributed by atoms with Crippen LogP contribution in [0.5, 0.6) is 0 Å². The van der Waals surface area contributed by atoms with Gasteiger partial charge in [-0.1, -0.05) is 36.4 Å². The summed E-state index contributed by atoms with van der Waals surface area (Å²) in [5.41, 5.74) is 18.8. The molecule has 1 aromatic carbocycles. The fourth-order valence-corrected chi connectivity index (χ4v) is 0.385. The smallest absolute Gasteiger partial charge is 0.300 e. The SMILES string of the molecule is CC(=O)O.N=C(N)N.NCCN.c1ccccc1. The number of carbonyl (C=O) groups is 1. The van der Waals surface area contributed by atoms with Crippen LogP contribution in [0.25, 0.3) is 0 Å². The average Bonchev–Trinajstić information content (AvgIpc) is 2.30. The highest BCUT2D eigenvalue weighted by molar-refractivity contribution is 5.71. The maximum absolute atomic E-state index is 9.00. The van der Waals surface area contributed by atoms with Crippen LogP contribution in [-0.2, 0) is 4.79 Å². The Morgan fingerprint density at radius 1 is 1.00 bits per heavy atom. The van der Waals surface area contributed by atoms with E-state index in [2.05, 4.69) is 11.5 Å². The third-order valence-corrected chi connectivity index (χ3v) is 0.833. The molecule has 0 radical (unpaired) electrons. The van der Waals surface area contributed by atoms with Gasteiger partial charge >= 0.3 is 0 Å². The molecule has 0 bridgehead atoms. The molecule has 1 aromatic rings. The molecule has 0 amide bonds. The summed E-state index contributed by atoms with van der Waals surface area (Å²) < 4.78 is 0. The van der Waals surface area contributed by atoms with Gasteiger partial charge in [-0.3, -0.25) is 10.2 Å². The Morgan fingerprint density at radius 2 is 1.11 bits per heavy atom. The highest BCUT2D eigenvalue weighted by Crippen LogP contribution is 1.79. The standard InChI is InChI=1S/C6H6.C2H8N2.C2H4O2.CH5N3/c1-2-4-6-5-3-1;3-1-2-4;1-2(3)4;2-1(3)4/h1-6H;1-4H2;1H3,(H,3,4);(H5,2,3,4). The van der Waals surface area contributed by atoms with Crippen LogP contribution in [0.4, 0.5) is 0 Å². The largest absolute Gasteiger partial charge is 0.481 e. The van der Waals surface area contributed by atoms with E-state index in [0.29, 0.717) is 13.1 Å². The predicted molar refractivity (Wildman–Crippen MR) is 74.0 cm³/mol. The van der Waals surface area contributed by atoms with Crippen molar-refractivity contribution in [3.8, 4) is 0 Å². The number of aliphatic carboxylic acids is 1. The van der Waals surface area contributed by atoms with E-state index in [9.17, 15) is 0 Å². The normalized spacial score (nSPS) is 7.06. The number of guanidine groups is 1. The first-order chi connectivity index (χ1) is 8.38. The molecule has 0 saturated heterocycles. The molecule has 18 heavy (non-hydrogen) atoms. The van der Waals surface area contributed by atoms with Gasteiger partial charge in [0.15, 0.2) is 5.96 Å². The van der Waals surface area contributed by atoms with Crippen molar-refractivity contribution < 1.29 is 9.90 Å². The molecule has 0 saturated carbocycles. The molecule has 0 fully saturated rings. The lowest BCUT2D eigenvalue weighted by molar-refractivity contribution is -0.134. The fraction of sp³-hybridized carbons (Fsp3) is 0.273. The van der Waals surface area contributed by atoms with Crippen LogP contribution in [0.3, 0.4) is 0 Å². The number of rotatable bonds is 1. The van der Waals surface area contributed by atoms with Crippen LogP contribution >= 0.6 is 0 Å². The van der Waals surface area contributed by atoms with Gasteiger partial charge in [-0.05, 0) is 0 Å². The minimum Gasteiger partial charge on any atom is -0.481 e. The lowest BCUT2D eigenvalue weighted by Crippen LogP contribution is -2.20. The summed E-state index contributed by atoms with van der Waals surface area (Å²) >= 11 is 0. The number of carboxylic acid groups (broad SMARTS) is 1. The van der Waals surface area contributed by atoms with Gasteiger partial charge in [0.2, 0.25) is 0 Å². The Morgan fingerprint density at radius 3 is 1.17 bits per heavy atom. The van der Waals surface area contributed by atoms with Gasteiger partial charge in [-0.15, -0.1) is 0 Å². The molecule has 0 aliphatic heterocycles. The molecule has 0 spiro atoms. The molecule has 0 aliphatic rings. The summed E-state index contributed by atoms with van der Waals surface area (Å²) in [7, 11) is 0. The number of hydrogen-bond donors (Lipinski definition) is 6. The zero-order valence-electron chi connectivity index (χ0n) is 10.5. The minimum absolute atomic E-state index is 0.333. The molecule has 0 heterocycles. The Bertz CT molecular complexity index is 231. The van der Waals surface area contributed by atoms with Crippen LogP contribution in [0.15, 0.2) is 36.4 Å². The number of nitrogens with one attached hydrogen (secondary N) is 1. The van der Waals surface area contributed by atoms with Crippen molar-refractivity contribution in [2.24, 2.45) is 22.9 Å². The topological polar surface area (TPSA) is 165 Å². The summed E-state index contributed by atoms with van der Waals surface area (Å²) in [6.07, 6.45) is 0. The number of nitrogens with two attached hydrogens (primary N) is 4. The molecular weight excluding hydrogens is 234 g/mol. The van der Waals surface area contributed by atoms with Crippen LogP contribution in [-0.4, -0.2) is 30.1 Å². The Labute approximate surface area is 107 Å². The van der Waals surface area contributed by atoms with Crippen molar-refractivity contribution in [3.05, 3.63) is 36.4 Å². The summed E-state index contributed by atoms with van der Waals surface area (Å²) in [6.45, 7) is 2.28. The van der Waals surface area contributed by atoms with Gasteiger partial charge in [0, 0.05) is 20.0 Å². The zero-order chi connectivity index (χ0) is 14.8. The van der Waals surface area contributed by atoms with Crippen molar-refractivity contribution in [1.29, 1.82) is 5.41 Å². The zero-order valence-corrected chi connectivity index (χ0v) is 10.5. The summed E-state index contributed by atoms with van der Waals surface area (Å²) in [5.74, 6) is -1.17. The highest BCUT2D eigenvalue weighted by atomic mass is 16.4. The van der Waals surface area contributed by atoms with Crippen molar-refractivity contribution >= 4 is 11.9 Å². The van der Waals surface area contributed by atoms with Gasteiger partial charge in [0.25, 0.3) is 5.97 Å². The molecule has 0 aromatic heterocycles. The lowest BCUT2D eigenvalue weighted by Gasteiger charge is -1.72. The van der Waals surface area contributed by atoms with Crippen molar-refractivity contribution in [2.75, 3.05) is 13.1 Å². The van der Waals surface area contributed by atoms with E-state index < -0.39 is 5.97 Å². The van der Waals surface area contributed by atoms with E-state index in [0.717, 1.165) is 6.92 Å². The Balaban J connectivity index is -0.000000171. The van der Waals surface area contributed by atoms with Crippen LogP contribution < -0.4 is 22.9 Å². The van der Waals surface area contributed by atoms with Crippen molar-refractivity contribution in [3.63, 3.8) is 0 Å². The monoisotopic (exact) mass is 257 g/mol. The molecule has 7 nitrogen and oxygen atoms in total. The van der Waals surface area contributed by atoms with E-state index in [1.54, 1.807) is 0 Å². The first-order valence-corrected chi connectivity index (χ1v) is 5.07. The Kier molecular flexibility index (Phi) is 23.9. The van der Waals surface area contributed by atoms with Gasteiger partial charge in [-0.25, -0.2) is 0 Å². The van der Waals surface area contributed by atoms with E-state index >= 15 is 0 Å². The lowest BCUT2D eigenvalue weighted by atomic mass is 10.4. The van der Waals surface area contributed by atoms with Crippen LogP contribution in [0, 0.1) is 5.41 Å². The van der Waals surface area contributed by atoms with Gasteiger partial charge in [0.1, 0.15) is 0 Å². The summed E-state index contributed by atoms with van der Waals surface area (Å²) in [5, 5.41) is 13.5. The molecular formula is C11H23N5O2. The second-order valence-electron chi connectivity index (χ2n) is 2.71. The van der Waals surface area contributed by atoms with Crippen LogP contribution in [0.2, 0.25) is 0 Å². The average molecular weight is 257 g/mol. The van der Waals surface area contributed by atoms with Gasteiger partial charge in [-0.2, -0.15) is 0 Å². The van der Waals surface area contributed by atoms with E-state index in [-0.39, 0.29) is 5.96 Å². The summed E-state index contributed by atoms with van der Waals surface area (Å²) in [6, 6.07) is 12.0. The second-order valence-corrected chi connectivity index (χ2v) is 2.71. The number of carboxylic acids is 1. The van der Waals surface area contributed by atoms with E-state index in [1.165, 1.54) is 0 Å². The maximum Gasteiger partial charge on any atom is 0.300 e. The molecule has 10 N–H and O–H groups in total. The van der Waals surface area contributed by atoms with Gasteiger partial charge in [0.05, 0.1) is 0 Å². The number of benzene rings is 1. The van der Waals surface area contributed by atoms with Crippen molar-refractivity contribution in [2.45, 2.75) is 6.92 Å². The van der Waals surface area contributed by atoms with Crippen LogP contribution in [0.1, 0.15) is 6.92 Å². The Hall–Kier alpha value is -2.12. The third kappa shape index (κ3) is 96.7. The third-order valence-electron chi connectivity index (χ3n) is 0.833. The fourth-order valence-electron chi connectivity index (χ4n) is 0.385.